The molecule has 0 aromatic carbocycles. The number of nitrogens with one attached hydrogen (secondary N) is 1. The summed E-state index contributed by atoms with van der Waals surface area (Å²) in [5, 5.41) is 6.79. The van der Waals surface area contributed by atoms with Crippen molar-refractivity contribution in [3.63, 3.8) is 0 Å². The molecule has 0 bridgehead atoms. The summed E-state index contributed by atoms with van der Waals surface area (Å²) in [5.74, 6) is -0.319. The Labute approximate surface area is 132 Å². The molecule has 2 heterocycles. The van der Waals surface area contributed by atoms with Crippen molar-refractivity contribution in [2.45, 2.75) is 25.7 Å². The quantitative estimate of drug-likeness (QED) is 0.840. The third-order valence-electron chi connectivity index (χ3n) is 3.61. The average Bonchev–Trinajstić information content (AvgIpc) is 2.96. The zero-order chi connectivity index (χ0) is 16.9. The second-order valence-corrected chi connectivity index (χ2v) is 5.75. The van der Waals surface area contributed by atoms with Crippen LogP contribution in [0.25, 0.3) is 0 Å². The molecule has 1 aliphatic heterocycles. The molecule has 0 unspecified atom stereocenters. The van der Waals surface area contributed by atoms with Crippen LogP contribution in [0.15, 0.2) is 18.5 Å². The monoisotopic (exact) mass is 334 g/mol. The normalized spacial score (nSPS) is 21.1. The van der Waals surface area contributed by atoms with Gasteiger partial charge in [0, 0.05) is 32.0 Å². The van der Waals surface area contributed by atoms with Gasteiger partial charge in [0.15, 0.2) is 0 Å². The van der Waals surface area contributed by atoms with Crippen molar-refractivity contribution in [1.82, 2.24) is 20.0 Å². The Balaban J connectivity index is 1.82. The summed E-state index contributed by atoms with van der Waals surface area (Å²) in [4.78, 5) is 13.3. The Hall–Kier alpha value is -1.61. The van der Waals surface area contributed by atoms with Crippen LogP contribution in [-0.4, -0.2) is 65.7 Å². The zero-order valence-electron chi connectivity index (χ0n) is 12.9. The summed E-state index contributed by atoms with van der Waals surface area (Å²) in [6.07, 6.45) is -0.846. The summed E-state index contributed by atoms with van der Waals surface area (Å²) >= 11 is 0. The molecule has 0 saturated carbocycles. The lowest BCUT2D eigenvalue weighted by molar-refractivity contribution is -0.166. The lowest BCUT2D eigenvalue weighted by Crippen LogP contribution is -2.56. The first-order valence-corrected chi connectivity index (χ1v) is 7.49. The molecule has 1 saturated heterocycles. The highest BCUT2D eigenvalue weighted by Crippen LogP contribution is 2.19. The topological polar surface area (TPSA) is 59.4 Å². The minimum Gasteiger partial charge on any atom is -0.378 e. The first kappa shape index (κ1) is 17.7. The number of aromatic nitrogens is 2. The lowest BCUT2D eigenvalue weighted by atomic mass is 10.1. The Morgan fingerprint density at radius 2 is 2.30 bits per heavy atom. The standard InChI is InChI=1S/C14H21F3N4O2/c1-11(8-21-4-2-3-19-21)7-18-13(22)12-9-23-6-5-20(12)10-14(15,16)17/h2-4,11-12H,5-10H2,1H3,(H,18,22)/t11-,12+/m0/s1. The predicted molar refractivity (Wildman–Crippen MR) is 76.6 cm³/mol. The fraction of sp³-hybridized carbons (Fsp3) is 0.714. The first-order valence-electron chi connectivity index (χ1n) is 7.49. The summed E-state index contributed by atoms with van der Waals surface area (Å²) in [6, 6.07) is 0.905. The number of morpholine rings is 1. The van der Waals surface area contributed by atoms with E-state index in [4.69, 9.17) is 4.74 Å². The number of alkyl halides is 3. The molecular weight excluding hydrogens is 313 g/mol. The molecular formula is C14H21F3N4O2. The third-order valence-corrected chi connectivity index (χ3v) is 3.61. The third kappa shape index (κ3) is 5.83. The van der Waals surface area contributed by atoms with Crippen LogP contribution in [-0.2, 0) is 16.1 Å². The smallest absolute Gasteiger partial charge is 0.378 e. The van der Waals surface area contributed by atoms with Crippen molar-refractivity contribution in [3.05, 3.63) is 18.5 Å². The average molecular weight is 334 g/mol. The number of ether oxygens (including phenoxy) is 1. The number of carbonyl (C=O) groups is 1. The molecule has 23 heavy (non-hydrogen) atoms. The summed E-state index contributed by atoms with van der Waals surface area (Å²) in [6.45, 7) is 2.12. The van der Waals surface area contributed by atoms with Gasteiger partial charge in [-0.2, -0.15) is 18.3 Å². The number of rotatable bonds is 6. The van der Waals surface area contributed by atoms with Gasteiger partial charge in [-0.3, -0.25) is 14.4 Å². The van der Waals surface area contributed by atoms with E-state index in [0.717, 1.165) is 4.90 Å². The molecule has 2 atom stereocenters. The number of carbonyl (C=O) groups excluding carboxylic acids is 1. The Bertz CT molecular complexity index is 493. The maximum atomic E-state index is 12.6. The van der Waals surface area contributed by atoms with E-state index in [-0.39, 0.29) is 25.7 Å². The van der Waals surface area contributed by atoms with Gasteiger partial charge in [0.25, 0.3) is 0 Å². The molecule has 0 radical (unpaired) electrons. The van der Waals surface area contributed by atoms with Crippen LogP contribution in [0.1, 0.15) is 6.92 Å². The minimum atomic E-state index is -4.33. The molecule has 0 spiro atoms. The first-order chi connectivity index (χ1) is 10.8. The SMILES string of the molecule is C[C@@H](CNC(=O)[C@H]1COCCN1CC(F)(F)F)Cn1cccn1. The van der Waals surface area contributed by atoms with E-state index in [0.29, 0.717) is 13.1 Å². The van der Waals surface area contributed by atoms with Crippen molar-refractivity contribution < 1.29 is 22.7 Å². The van der Waals surface area contributed by atoms with Crippen molar-refractivity contribution in [2.75, 3.05) is 32.8 Å². The minimum absolute atomic E-state index is 0.0184. The molecule has 1 aliphatic rings. The number of amides is 1. The molecule has 1 aromatic heterocycles. The molecule has 1 amide bonds. The maximum absolute atomic E-state index is 12.6. The number of hydrogen-bond acceptors (Lipinski definition) is 4. The van der Waals surface area contributed by atoms with Gasteiger partial charge < -0.3 is 10.1 Å². The van der Waals surface area contributed by atoms with Crippen LogP contribution in [0, 0.1) is 5.92 Å². The van der Waals surface area contributed by atoms with Crippen LogP contribution in [0.3, 0.4) is 0 Å². The number of halogens is 3. The second kappa shape index (κ2) is 7.78. The Kier molecular flexibility index (Phi) is 6.00. The molecule has 130 valence electrons. The molecule has 1 fully saturated rings. The number of hydrogen-bond donors (Lipinski definition) is 1. The Morgan fingerprint density at radius 1 is 1.52 bits per heavy atom. The zero-order valence-corrected chi connectivity index (χ0v) is 12.9. The maximum Gasteiger partial charge on any atom is 0.401 e. The van der Waals surface area contributed by atoms with Gasteiger partial charge in [-0.05, 0) is 12.0 Å². The van der Waals surface area contributed by atoms with Crippen LogP contribution in [0.5, 0.6) is 0 Å². The van der Waals surface area contributed by atoms with Crippen LogP contribution < -0.4 is 5.32 Å². The van der Waals surface area contributed by atoms with Crippen LogP contribution in [0.2, 0.25) is 0 Å². The summed E-state index contributed by atoms with van der Waals surface area (Å²) in [7, 11) is 0. The van der Waals surface area contributed by atoms with E-state index in [1.807, 2.05) is 13.1 Å². The van der Waals surface area contributed by atoms with Crippen molar-refractivity contribution in [3.8, 4) is 0 Å². The highest BCUT2D eigenvalue weighted by atomic mass is 19.4. The van der Waals surface area contributed by atoms with Gasteiger partial charge in [0.2, 0.25) is 5.91 Å². The van der Waals surface area contributed by atoms with E-state index in [1.165, 1.54) is 0 Å². The molecule has 1 N–H and O–H groups in total. The van der Waals surface area contributed by atoms with Crippen LogP contribution in [0.4, 0.5) is 13.2 Å². The van der Waals surface area contributed by atoms with E-state index in [9.17, 15) is 18.0 Å². The lowest BCUT2D eigenvalue weighted by Gasteiger charge is -2.35. The fourth-order valence-corrected chi connectivity index (χ4v) is 2.48. The van der Waals surface area contributed by atoms with Gasteiger partial charge in [-0.25, -0.2) is 0 Å². The van der Waals surface area contributed by atoms with Gasteiger partial charge in [0.1, 0.15) is 6.04 Å². The predicted octanol–water partition coefficient (Wildman–Crippen LogP) is 0.898. The molecule has 9 heteroatoms. The number of nitrogens with zero attached hydrogens (tertiary/aromatic N) is 3. The van der Waals surface area contributed by atoms with Crippen molar-refractivity contribution >= 4 is 5.91 Å². The van der Waals surface area contributed by atoms with E-state index in [1.54, 1.807) is 16.9 Å². The summed E-state index contributed by atoms with van der Waals surface area (Å²) < 4.78 is 44.6. The molecule has 2 rings (SSSR count). The van der Waals surface area contributed by atoms with E-state index in [2.05, 4.69) is 10.4 Å². The second-order valence-electron chi connectivity index (χ2n) is 5.75. The molecule has 1 aromatic rings. The highest BCUT2D eigenvalue weighted by molar-refractivity contribution is 5.82. The van der Waals surface area contributed by atoms with Gasteiger partial charge in [-0.15, -0.1) is 0 Å². The van der Waals surface area contributed by atoms with E-state index >= 15 is 0 Å². The highest BCUT2D eigenvalue weighted by Gasteiger charge is 2.38. The van der Waals surface area contributed by atoms with Gasteiger partial charge in [-0.1, -0.05) is 6.92 Å². The molecule has 6 nitrogen and oxygen atoms in total. The van der Waals surface area contributed by atoms with Crippen LogP contribution >= 0.6 is 0 Å². The van der Waals surface area contributed by atoms with Crippen molar-refractivity contribution in [2.24, 2.45) is 5.92 Å². The fourth-order valence-electron chi connectivity index (χ4n) is 2.48. The van der Waals surface area contributed by atoms with E-state index < -0.39 is 24.7 Å². The molecule has 0 aliphatic carbocycles. The Morgan fingerprint density at radius 3 is 2.96 bits per heavy atom. The summed E-state index contributed by atoms with van der Waals surface area (Å²) in [5.41, 5.74) is 0. The van der Waals surface area contributed by atoms with Gasteiger partial charge >= 0.3 is 6.18 Å². The largest absolute Gasteiger partial charge is 0.401 e. The van der Waals surface area contributed by atoms with Gasteiger partial charge in [0.05, 0.1) is 19.8 Å². The van der Waals surface area contributed by atoms with Crippen molar-refractivity contribution in [1.29, 1.82) is 0 Å².